The Labute approximate surface area is 173 Å². The fraction of sp³-hybridized carbons (Fsp3) is 0.368. The van der Waals surface area contributed by atoms with Gasteiger partial charge in [0.1, 0.15) is 11.6 Å². The van der Waals surface area contributed by atoms with Crippen molar-refractivity contribution in [2.24, 2.45) is 0 Å². The van der Waals surface area contributed by atoms with Gasteiger partial charge in [0.15, 0.2) is 5.82 Å². The van der Waals surface area contributed by atoms with E-state index in [0.717, 1.165) is 17.7 Å². The number of amides is 1. The minimum Gasteiger partial charge on any atom is -0.497 e. The fourth-order valence-electron chi connectivity index (χ4n) is 2.67. The third kappa shape index (κ3) is 4.53. The van der Waals surface area contributed by atoms with Gasteiger partial charge in [-0.05, 0) is 44.5 Å². The summed E-state index contributed by atoms with van der Waals surface area (Å²) in [4.78, 5) is 12.7. The van der Waals surface area contributed by atoms with Crippen LogP contribution in [0.3, 0.4) is 0 Å². The normalized spacial score (nSPS) is 13.1. The van der Waals surface area contributed by atoms with E-state index in [1.54, 1.807) is 26.3 Å². The lowest BCUT2D eigenvalue weighted by Gasteiger charge is -2.16. The van der Waals surface area contributed by atoms with Crippen LogP contribution >= 0.6 is 11.8 Å². The monoisotopic (exact) mass is 415 g/mol. The lowest BCUT2D eigenvalue weighted by molar-refractivity contribution is -0.115. The maximum absolute atomic E-state index is 12.7. The molecular formula is C19H25N7O2S. The van der Waals surface area contributed by atoms with Gasteiger partial charge < -0.3 is 15.9 Å². The number of nitrogens with one attached hydrogen (secondary N) is 1. The number of nitrogens with zero attached hydrogens (tertiary/aromatic N) is 5. The predicted molar refractivity (Wildman–Crippen MR) is 113 cm³/mol. The largest absolute Gasteiger partial charge is 0.497 e. The average molecular weight is 416 g/mol. The third-order valence-corrected chi connectivity index (χ3v) is 5.65. The molecule has 1 amide bonds. The zero-order valence-electron chi connectivity index (χ0n) is 16.9. The van der Waals surface area contributed by atoms with Crippen LogP contribution in [0.4, 0.5) is 5.82 Å². The van der Waals surface area contributed by atoms with Crippen molar-refractivity contribution in [3.05, 3.63) is 36.5 Å². The first kappa shape index (κ1) is 20.7. The van der Waals surface area contributed by atoms with Crippen molar-refractivity contribution in [3.8, 4) is 17.1 Å². The van der Waals surface area contributed by atoms with Gasteiger partial charge in [0, 0.05) is 11.6 Å². The quantitative estimate of drug-likeness (QED) is 0.429. The standard InChI is InChI=1S/C19H25N7O2S/c1-5-12(2)26-16(10-11-21-26)22-18(27)13(3)29-19-24-23-17(25(19)20)14-6-8-15(28-4)9-7-14/h6-13H,5,20H2,1-4H3,(H,22,27)/t12-,13-/m1/s1. The van der Waals surface area contributed by atoms with Crippen LogP contribution in [0, 0.1) is 0 Å². The molecule has 1 aromatic carbocycles. The van der Waals surface area contributed by atoms with Crippen molar-refractivity contribution >= 4 is 23.5 Å². The molecule has 0 bridgehead atoms. The summed E-state index contributed by atoms with van der Waals surface area (Å²) in [6.45, 7) is 5.93. The van der Waals surface area contributed by atoms with Crippen molar-refractivity contribution in [2.75, 3.05) is 18.3 Å². The van der Waals surface area contributed by atoms with Crippen molar-refractivity contribution in [1.82, 2.24) is 24.7 Å². The summed E-state index contributed by atoms with van der Waals surface area (Å²) < 4.78 is 8.36. The molecule has 0 radical (unpaired) electrons. The summed E-state index contributed by atoms with van der Waals surface area (Å²) in [5.41, 5.74) is 0.808. The number of ether oxygens (including phenoxy) is 1. The first-order valence-corrected chi connectivity index (χ1v) is 10.2. The highest BCUT2D eigenvalue weighted by molar-refractivity contribution is 8.00. The molecule has 2 aromatic heterocycles. The van der Waals surface area contributed by atoms with Crippen LogP contribution < -0.4 is 15.9 Å². The number of carbonyl (C=O) groups is 1. The van der Waals surface area contributed by atoms with E-state index < -0.39 is 5.25 Å². The number of benzene rings is 1. The second-order valence-electron chi connectivity index (χ2n) is 6.57. The second-order valence-corrected chi connectivity index (χ2v) is 7.88. The number of anilines is 1. The van der Waals surface area contributed by atoms with Gasteiger partial charge in [0.05, 0.1) is 24.6 Å². The number of methoxy groups -OCH3 is 1. The van der Waals surface area contributed by atoms with Gasteiger partial charge in [-0.1, -0.05) is 18.7 Å². The van der Waals surface area contributed by atoms with Gasteiger partial charge in [0.2, 0.25) is 11.1 Å². The Morgan fingerprint density at radius 1 is 1.24 bits per heavy atom. The molecule has 10 heteroatoms. The lowest BCUT2D eigenvalue weighted by Crippen LogP contribution is -2.25. The van der Waals surface area contributed by atoms with Crippen LogP contribution in [-0.4, -0.2) is 42.9 Å². The maximum Gasteiger partial charge on any atom is 0.238 e. The first-order valence-electron chi connectivity index (χ1n) is 9.30. The Balaban J connectivity index is 1.69. The summed E-state index contributed by atoms with van der Waals surface area (Å²) in [7, 11) is 1.61. The predicted octanol–water partition coefficient (Wildman–Crippen LogP) is 2.95. The molecule has 0 aliphatic carbocycles. The van der Waals surface area contributed by atoms with Gasteiger partial charge >= 0.3 is 0 Å². The topological polar surface area (TPSA) is 113 Å². The maximum atomic E-state index is 12.7. The van der Waals surface area contributed by atoms with Gasteiger partial charge in [-0.3, -0.25) is 4.79 Å². The molecule has 29 heavy (non-hydrogen) atoms. The molecule has 154 valence electrons. The third-order valence-electron chi connectivity index (χ3n) is 4.59. The number of hydrogen-bond donors (Lipinski definition) is 2. The van der Waals surface area contributed by atoms with E-state index in [1.165, 1.54) is 16.4 Å². The van der Waals surface area contributed by atoms with Gasteiger partial charge in [-0.25, -0.2) is 9.36 Å². The van der Waals surface area contributed by atoms with E-state index in [1.807, 2.05) is 28.9 Å². The Morgan fingerprint density at radius 3 is 2.62 bits per heavy atom. The minimum absolute atomic E-state index is 0.158. The number of hydrogen-bond acceptors (Lipinski definition) is 7. The molecule has 2 heterocycles. The molecule has 0 spiro atoms. The van der Waals surface area contributed by atoms with E-state index in [9.17, 15) is 4.79 Å². The second kappa shape index (κ2) is 8.99. The van der Waals surface area contributed by atoms with E-state index in [-0.39, 0.29) is 11.9 Å². The van der Waals surface area contributed by atoms with Crippen LogP contribution in [0.25, 0.3) is 11.4 Å². The number of nitrogens with two attached hydrogens (primary N) is 1. The summed E-state index contributed by atoms with van der Waals surface area (Å²) in [5, 5.41) is 15.5. The van der Waals surface area contributed by atoms with E-state index >= 15 is 0 Å². The van der Waals surface area contributed by atoms with Crippen LogP contribution in [-0.2, 0) is 4.79 Å². The Morgan fingerprint density at radius 2 is 1.97 bits per heavy atom. The van der Waals surface area contributed by atoms with Crippen molar-refractivity contribution < 1.29 is 9.53 Å². The van der Waals surface area contributed by atoms with Crippen LogP contribution in [0.1, 0.15) is 33.2 Å². The zero-order valence-corrected chi connectivity index (χ0v) is 17.7. The Hall–Kier alpha value is -3.01. The fourth-order valence-corrected chi connectivity index (χ4v) is 3.44. The van der Waals surface area contributed by atoms with Gasteiger partial charge in [0.25, 0.3) is 0 Å². The first-order chi connectivity index (χ1) is 13.9. The molecule has 0 aliphatic heterocycles. The van der Waals surface area contributed by atoms with Crippen molar-refractivity contribution in [1.29, 1.82) is 0 Å². The van der Waals surface area contributed by atoms with Gasteiger partial charge in [-0.15, -0.1) is 10.2 Å². The molecule has 0 unspecified atom stereocenters. The molecule has 0 aliphatic rings. The number of nitrogen functional groups attached to an aromatic ring is 1. The van der Waals surface area contributed by atoms with Crippen molar-refractivity contribution in [3.63, 3.8) is 0 Å². The minimum atomic E-state index is -0.425. The molecule has 3 aromatic rings. The van der Waals surface area contributed by atoms with E-state index in [2.05, 4.69) is 34.5 Å². The highest BCUT2D eigenvalue weighted by atomic mass is 32.2. The van der Waals surface area contributed by atoms with Crippen LogP contribution in [0.5, 0.6) is 5.75 Å². The molecule has 2 atom stereocenters. The number of rotatable bonds is 8. The number of carbonyl (C=O) groups excluding carboxylic acids is 1. The highest BCUT2D eigenvalue weighted by Gasteiger charge is 2.21. The van der Waals surface area contributed by atoms with Crippen LogP contribution in [0.2, 0.25) is 0 Å². The summed E-state index contributed by atoms with van der Waals surface area (Å²) in [5.74, 6) is 7.93. The Bertz CT molecular complexity index is 967. The summed E-state index contributed by atoms with van der Waals surface area (Å²) >= 11 is 1.24. The number of aromatic nitrogens is 5. The molecular weight excluding hydrogens is 390 g/mol. The zero-order chi connectivity index (χ0) is 21.0. The average Bonchev–Trinajstić information content (AvgIpc) is 3.34. The molecule has 0 saturated carbocycles. The molecule has 3 N–H and O–H groups in total. The molecule has 9 nitrogen and oxygen atoms in total. The SMILES string of the molecule is CC[C@@H](C)n1nccc1NC(=O)[C@@H](C)Sc1nnc(-c2ccc(OC)cc2)n1N. The highest BCUT2D eigenvalue weighted by Crippen LogP contribution is 2.27. The van der Waals surface area contributed by atoms with E-state index in [0.29, 0.717) is 16.8 Å². The Kier molecular flexibility index (Phi) is 6.42. The molecule has 0 fully saturated rings. The molecule has 0 saturated heterocycles. The van der Waals surface area contributed by atoms with Gasteiger partial charge in [-0.2, -0.15) is 5.10 Å². The summed E-state index contributed by atoms with van der Waals surface area (Å²) in [6, 6.07) is 9.34. The summed E-state index contributed by atoms with van der Waals surface area (Å²) in [6.07, 6.45) is 2.59. The van der Waals surface area contributed by atoms with Crippen LogP contribution in [0.15, 0.2) is 41.7 Å². The molecule has 3 rings (SSSR count). The lowest BCUT2D eigenvalue weighted by atomic mass is 10.2. The smallest absolute Gasteiger partial charge is 0.238 e. The number of thioether (sulfide) groups is 1. The van der Waals surface area contributed by atoms with Crippen molar-refractivity contribution in [2.45, 2.75) is 43.6 Å². The van der Waals surface area contributed by atoms with E-state index in [4.69, 9.17) is 10.6 Å².